The number of rotatable bonds is 6. The van der Waals surface area contributed by atoms with Crippen LogP contribution in [0.4, 0.5) is 4.39 Å². The number of benzene rings is 2. The predicted molar refractivity (Wildman–Crippen MR) is 134 cm³/mol. The highest BCUT2D eigenvalue weighted by atomic mass is 32.2. The average Bonchev–Trinajstić information content (AvgIpc) is 3.32. The maximum Gasteiger partial charge on any atom is 0.254 e. The number of aromatic nitrogens is 4. The molecule has 0 aliphatic carbocycles. The summed E-state index contributed by atoms with van der Waals surface area (Å²) in [6, 6.07) is 17.7. The topological polar surface area (TPSA) is 67.2 Å². The van der Waals surface area contributed by atoms with Crippen LogP contribution >= 0.6 is 11.8 Å². The van der Waals surface area contributed by atoms with E-state index < -0.39 is 0 Å². The summed E-state index contributed by atoms with van der Waals surface area (Å²) in [6.07, 6.45) is 3.40. The molecule has 0 N–H and O–H groups in total. The average molecular weight is 489 g/mol. The van der Waals surface area contributed by atoms with Gasteiger partial charge in [-0.2, -0.15) is 0 Å². The molecule has 0 spiro atoms. The summed E-state index contributed by atoms with van der Waals surface area (Å²) in [7, 11) is 2.07. The van der Waals surface area contributed by atoms with Crippen molar-refractivity contribution in [2.75, 3.05) is 33.2 Å². The van der Waals surface area contributed by atoms with Crippen molar-refractivity contribution in [3.05, 3.63) is 90.0 Å². The molecule has 1 aliphatic heterocycles. The van der Waals surface area contributed by atoms with Crippen LogP contribution in [0.15, 0.2) is 78.2 Å². The normalized spacial score (nSPS) is 14.3. The van der Waals surface area contributed by atoms with Gasteiger partial charge in [0, 0.05) is 61.1 Å². The van der Waals surface area contributed by atoms with Crippen LogP contribution in [0.1, 0.15) is 15.9 Å². The van der Waals surface area contributed by atoms with Crippen LogP contribution in [-0.4, -0.2) is 68.7 Å². The number of carbonyl (C=O) groups excluding carboxylic acids is 1. The van der Waals surface area contributed by atoms with Gasteiger partial charge in [-0.3, -0.25) is 14.3 Å². The zero-order chi connectivity index (χ0) is 24.2. The number of halogens is 1. The lowest BCUT2D eigenvalue weighted by Gasteiger charge is -2.32. The molecular weight excluding hydrogens is 463 g/mol. The zero-order valence-electron chi connectivity index (χ0n) is 19.3. The summed E-state index contributed by atoms with van der Waals surface area (Å²) < 4.78 is 15.5. The van der Waals surface area contributed by atoms with Gasteiger partial charge < -0.3 is 9.80 Å². The van der Waals surface area contributed by atoms with Crippen LogP contribution in [0.25, 0.3) is 17.1 Å². The molecule has 2 aromatic heterocycles. The van der Waals surface area contributed by atoms with Crippen molar-refractivity contribution in [2.24, 2.45) is 0 Å². The summed E-state index contributed by atoms with van der Waals surface area (Å²) in [5.41, 5.74) is 3.27. The van der Waals surface area contributed by atoms with Crippen molar-refractivity contribution in [1.82, 2.24) is 29.5 Å². The number of carbonyl (C=O) groups is 1. The monoisotopic (exact) mass is 488 g/mol. The predicted octanol–water partition coefficient (Wildman–Crippen LogP) is 4.15. The van der Waals surface area contributed by atoms with Crippen LogP contribution in [0, 0.1) is 5.82 Å². The minimum atomic E-state index is -0.308. The Bertz CT molecular complexity index is 1300. The molecule has 0 atom stereocenters. The molecule has 7 nitrogen and oxygen atoms in total. The van der Waals surface area contributed by atoms with Gasteiger partial charge in [0.2, 0.25) is 0 Å². The molecule has 5 rings (SSSR count). The van der Waals surface area contributed by atoms with Gasteiger partial charge in [0.05, 0.1) is 0 Å². The maximum atomic E-state index is 13.6. The summed E-state index contributed by atoms with van der Waals surface area (Å²) in [4.78, 5) is 21.5. The SMILES string of the molecule is CN1CCN(C(=O)c2ccccc2CSc2nnc(-c3ccncc3)n2-c2ccc(F)cc2)CC1. The summed E-state index contributed by atoms with van der Waals surface area (Å²) in [5, 5.41) is 9.52. The molecule has 2 aromatic carbocycles. The molecule has 1 aliphatic rings. The Balaban J connectivity index is 1.43. The van der Waals surface area contributed by atoms with Gasteiger partial charge in [-0.15, -0.1) is 10.2 Å². The highest BCUT2D eigenvalue weighted by molar-refractivity contribution is 7.98. The second kappa shape index (κ2) is 10.4. The van der Waals surface area contributed by atoms with Crippen molar-refractivity contribution in [2.45, 2.75) is 10.9 Å². The standard InChI is InChI=1S/C26H25FN6OS/c1-31-14-16-32(17-15-31)25(34)23-5-3-2-4-20(23)18-35-26-30-29-24(19-10-12-28-13-11-19)33(26)22-8-6-21(27)7-9-22/h2-13H,14-18H2,1H3. The fourth-order valence-electron chi connectivity index (χ4n) is 4.05. The van der Waals surface area contributed by atoms with Gasteiger partial charge in [-0.05, 0) is 55.1 Å². The first-order chi connectivity index (χ1) is 17.1. The van der Waals surface area contributed by atoms with Crippen molar-refractivity contribution in [1.29, 1.82) is 0 Å². The molecule has 3 heterocycles. The lowest BCUT2D eigenvalue weighted by molar-refractivity contribution is 0.0663. The summed E-state index contributed by atoms with van der Waals surface area (Å²) in [6.45, 7) is 3.21. The molecule has 0 saturated carbocycles. The first-order valence-corrected chi connectivity index (χ1v) is 12.4. The minimum Gasteiger partial charge on any atom is -0.336 e. The van der Waals surface area contributed by atoms with E-state index in [0.717, 1.165) is 43.0 Å². The van der Waals surface area contributed by atoms with Gasteiger partial charge in [0.25, 0.3) is 5.91 Å². The third-order valence-electron chi connectivity index (χ3n) is 6.05. The molecule has 178 valence electrons. The molecule has 0 bridgehead atoms. The number of likely N-dealkylation sites (N-methyl/N-ethyl adjacent to an activating group) is 1. The first-order valence-electron chi connectivity index (χ1n) is 11.4. The van der Waals surface area contributed by atoms with Crippen LogP contribution in [0.3, 0.4) is 0 Å². The van der Waals surface area contributed by atoms with Gasteiger partial charge >= 0.3 is 0 Å². The molecular formula is C26H25FN6OS. The van der Waals surface area contributed by atoms with E-state index in [2.05, 4.69) is 27.1 Å². The highest BCUT2D eigenvalue weighted by Gasteiger charge is 2.23. The molecule has 4 aromatic rings. The van der Waals surface area contributed by atoms with Crippen molar-refractivity contribution in [3.8, 4) is 17.1 Å². The zero-order valence-corrected chi connectivity index (χ0v) is 20.2. The third-order valence-corrected chi connectivity index (χ3v) is 7.03. The molecule has 1 saturated heterocycles. The fraction of sp³-hybridized carbons (Fsp3) is 0.231. The molecule has 0 unspecified atom stereocenters. The smallest absolute Gasteiger partial charge is 0.254 e. The Kier molecular flexibility index (Phi) is 6.87. The van der Waals surface area contributed by atoms with E-state index in [1.54, 1.807) is 24.5 Å². The number of nitrogens with zero attached hydrogens (tertiary/aromatic N) is 6. The molecule has 9 heteroatoms. The van der Waals surface area contributed by atoms with Gasteiger partial charge in [-0.1, -0.05) is 30.0 Å². The number of piperazine rings is 1. The van der Waals surface area contributed by atoms with E-state index in [-0.39, 0.29) is 11.7 Å². The van der Waals surface area contributed by atoms with Crippen molar-refractivity contribution < 1.29 is 9.18 Å². The summed E-state index contributed by atoms with van der Waals surface area (Å²) in [5.74, 6) is 0.943. The second-order valence-corrected chi connectivity index (χ2v) is 9.34. The van der Waals surface area contributed by atoms with Crippen molar-refractivity contribution >= 4 is 17.7 Å². The maximum absolute atomic E-state index is 13.6. The lowest BCUT2D eigenvalue weighted by Crippen LogP contribution is -2.47. The van der Waals surface area contributed by atoms with Crippen LogP contribution in [-0.2, 0) is 5.75 Å². The quantitative estimate of drug-likeness (QED) is 0.380. The first kappa shape index (κ1) is 23.2. The highest BCUT2D eigenvalue weighted by Crippen LogP contribution is 2.30. The third kappa shape index (κ3) is 5.11. The molecule has 0 radical (unpaired) electrons. The van der Waals surface area contributed by atoms with E-state index in [1.165, 1.54) is 23.9 Å². The van der Waals surface area contributed by atoms with Gasteiger partial charge in [0.15, 0.2) is 11.0 Å². The molecule has 35 heavy (non-hydrogen) atoms. The van der Waals surface area contributed by atoms with E-state index >= 15 is 0 Å². The minimum absolute atomic E-state index is 0.0618. The lowest BCUT2D eigenvalue weighted by atomic mass is 10.1. The van der Waals surface area contributed by atoms with Crippen LogP contribution in [0.5, 0.6) is 0 Å². The van der Waals surface area contributed by atoms with E-state index in [1.807, 2.05) is 45.9 Å². The Morgan fingerprint density at radius 1 is 0.943 bits per heavy atom. The largest absolute Gasteiger partial charge is 0.336 e. The van der Waals surface area contributed by atoms with E-state index in [0.29, 0.717) is 22.3 Å². The Hall–Kier alpha value is -3.56. The van der Waals surface area contributed by atoms with Crippen LogP contribution in [0.2, 0.25) is 0 Å². The number of pyridine rings is 1. The fourth-order valence-corrected chi connectivity index (χ4v) is 5.01. The Morgan fingerprint density at radius 2 is 1.66 bits per heavy atom. The Labute approximate surface area is 207 Å². The van der Waals surface area contributed by atoms with Gasteiger partial charge in [-0.25, -0.2) is 4.39 Å². The number of amides is 1. The van der Waals surface area contributed by atoms with Crippen LogP contribution < -0.4 is 0 Å². The van der Waals surface area contributed by atoms with Gasteiger partial charge in [0.1, 0.15) is 5.82 Å². The Morgan fingerprint density at radius 3 is 2.40 bits per heavy atom. The van der Waals surface area contributed by atoms with Crippen molar-refractivity contribution in [3.63, 3.8) is 0 Å². The number of hydrogen-bond donors (Lipinski definition) is 0. The number of hydrogen-bond acceptors (Lipinski definition) is 6. The molecule has 1 amide bonds. The summed E-state index contributed by atoms with van der Waals surface area (Å²) >= 11 is 1.49. The number of thioether (sulfide) groups is 1. The van der Waals surface area contributed by atoms with E-state index in [9.17, 15) is 9.18 Å². The second-order valence-electron chi connectivity index (χ2n) is 8.40. The van der Waals surface area contributed by atoms with E-state index in [4.69, 9.17) is 0 Å². The molecule has 1 fully saturated rings.